The molecule has 0 aliphatic carbocycles. The molecule has 2 N–H and O–H groups in total. The first kappa shape index (κ1) is 20.4. The van der Waals surface area contributed by atoms with Crippen molar-refractivity contribution in [2.45, 2.75) is 32.7 Å². The standard InChI is InChI=1S/C21H24FNO4/c1-15(12-17-4-2-5-18(22)13-17)21(26)23-14-16-7-9-19(10-8-16)27-11-3-6-20(24)25/h2,4-5,7-10,13,15H,3,6,11-12,14H2,1H3,(H,23,26)(H,24,25). The smallest absolute Gasteiger partial charge is 0.303 e. The Balaban J connectivity index is 1.75. The lowest BCUT2D eigenvalue weighted by Gasteiger charge is -2.13. The van der Waals surface area contributed by atoms with Gasteiger partial charge in [0.25, 0.3) is 0 Å². The van der Waals surface area contributed by atoms with E-state index in [1.807, 2.05) is 25.1 Å². The molecule has 1 amide bonds. The van der Waals surface area contributed by atoms with Gasteiger partial charge in [-0.2, -0.15) is 0 Å². The highest BCUT2D eigenvalue weighted by atomic mass is 19.1. The summed E-state index contributed by atoms with van der Waals surface area (Å²) in [4.78, 5) is 22.7. The summed E-state index contributed by atoms with van der Waals surface area (Å²) in [5.74, 6) is -0.825. The molecule has 6 heteroatoms. The van der Waals surface area contributed by atoms with Gasteiger partial charge in [0.1, 0.15) is 11.6 Å². The largest absolute Gasteiger partial charge is 0.494 e. The molecule has 0 aromatic heterocycles. The van der Waals surface area contributed by atoms with Crippen LogP contribution in [0.25, 0.3) is 0 Å². The summed E-state index contributed by atoms with van der Waals surface area (Å²) in [6, 6.07) is 13.6. The van der Waals surface area contributed by atoms with Crippen molar-refractivity contribution in [2.75, 3.05) is 6.61 Å². The van der Waals surface area contributed by atoms with Crippen molar-refractivity contribution in [1.29, 1.82) is 0 Å². The molecule has 1 unspecified atom stereocenters. The van der Waals surface area contributed by atoms with Gasteiger partial charge in [-0.25, -0.2) is 4.39 Å². The lowest BCUT2D eigenvalue weighted by Crippen LogP contribution is -2.29. The van der Waals surface area contributed by atoms with Crippen LogP contribution in [0.4, 0.5) is 4.39 Å². The zero-order chi connectivity index (χ0) is 19.6. The molecule has 0 bridgehead atoms. The van der Waals surface area contributed by atoms with Crippen molar-refractivity contribution in [3.05, 3.63) is 65.5 Å². The van der Waals surface area contributed by atoms with E-state index in [-0.39, 0.29) is 24.1 Å². The molecule has 2 rings (SSSR count). The van der Waals surface area contributed by atoms with Crippen LogP contribution in [0.2, 0.25) is 0 Å². The molecule has 2 aromatic rings. The Hall–Kier alpha value is -2.89. The summed E-state index contributed by atoms with van der Waals surface area (Å²) in [6.45, 7) is 2.56. The third kappa shape index (κ3) is 7.48. The van der Waals surface area contributed by atoms with Gasteiger partial charge in [0.15, 0.2) is 0 Å². The number of halogens is 1. The minimum atomic E-state index is -0.837. The first-order chi connectivity index (χ1) is 12.9. The van der Waals surface area contributed by atoms with Gasteiger partial charge in [-0.3, -0.25) is 9.59 Å². The predicted octanol–water partition coefficient (Wildman–Crippen LogP) is 3.56. The van der Waals surface area contributed by atoms with Crippen LogP contribution < -0.4 is 10.1 Å². The zero-order valence-electron chi connectivity index (χ0n) is 15.3. The minimum Gasteiger partial charge on any atom is -0.494 e. The van der Waals surface area contributed by atoms with Gasteiger partial charge in [-0.1, -0.05) is 31.2 Å². The van der Waals surface area contributed by atoms with Gasteiger partial charge >= 0.3 is 5.97 Å². The Morgan fingerprint density at radius 1 is 1.15 bits per heavy atom. The fourth-order valence-electron chi connectivity index (χ4n) is 2.59. The van der Waals surface area contributed by atoms with Gasteiger partial charge in [-0.05, 0) is 48.2 Å². The van der Waals surface area contributed by atoms with E-state index in [9.17, 15) is 14.0 Å². The molecule has 0 radical (unpaired) electrons. The zero-order valence-corrected chi connectivity index (χ0v) is 15.3. The second kappa shape index (κ2) is 10.3. The molecule has 0 aliphatic rings. The van der Waals surface area contributed by atoms with Gasteiger partial charge in [-0.15, -0.1) is 0 Å². The van der Waals surface area contributed by atoms with E-state index >= 15 is 0 Å². The van der Waals surface area contributed by atoms with Crippen LogP contribution in [0.5, 0.6) is 5.75 Å². The second-order valence-electron chi connectivity index (χ2n) is 6.44. The van der Waals surface area contributed by atoms with Crippen LogP contribution in [0.3, 0.4) is 0 Å². The lowest BCUT2D eigenvalue weighted by molar-refractivity contribution is -0.137. The average Bonchev–Trinajstić information content (AvgIpc) is 2.64. The van der Waals surface area contributed by atoms with Crippen LogP contribution in [0, 0.1) is 11.7 Å². The molecule has 0 spiro atoms. The quantitative estimate of drug-likeness (QED) is 0.625. The van der Waals surface area contributed by atoms with E-state index in [1.54, 1.807) is 18.2 Å². The Kier molecular flexibility index (Phi) is 7.79. The van der Waals surface area contributed by atoms with Crippen molar-refractivity contribution in [2.24, 2.45) is 5.92 Å². The van der Waals surface area contributed by atoms with Crippen molar-refractivity contribution in [3.63, 3.8) is 0 Å². The normalized spacial score (nSPS) is 11.6. The number of carboxylic acid groups (broad SMARTS) is 1. The lowest BCUT2D eigenvalue weighted by atomic mass is 10.0. The third-order valence-electron chi connectivity index (χ3n) is 4.07. The van der Waals surface area contributed by atoms with Gasteiger partial charge < -0.3 is 15.2 Å². The van der Waals surface area contributed by atoms with Crippen LogP contribution in [0.15, 0.2) is 48.5 Å². The highest BCUT2D eigenvalue weighted by Crippen LogP contribution is 2.14. The number of hydrogen-bond acceptors (Lipinski definition) is 3. The van der Waals surface area contributed by atoms with E-state index in [4.69, 9.17) is 9.84 Å². The van der Waals surface area contributed by atoms with Gasteiger partial charge in [0.2, 0.25) is 5.91 Å². The highest BCUT2D eigenvalue weighted by molar-refractivity contribution is 5.78. The third-order valence-corrected chi connectivity index (χ3v) is 4.07. The van der Waals surface area contributed by atoms with E-state index in [1.165, 1.54) is 12.1 Å². The molecule has 0 saturated carbocycles. The number of amides is 1. The molecular weight excluding hydrogens is 349 g/mol. The Labute approximate surface area is 158 Å². The van der Waals surface area contributed by atoms with Gasteiger partial charge in [0.05, 0.1) is 6.61 Å². The van der Waals surface area contributed by atoms with Crippen LogP contribution in [-0.4, -0.2) is 23.6 Å². The molecule has 27 heavy (non-hydrogen) atoms. The topological polar surface area (TPSA) is 75.6 Å². The second-order valence-corrected chi connectivity index (χ2v) is 6.44. The molecular formula is C21H24FNO4. The fourth-order valence-corrected chi connectivity index (χ4v) is 2.59. The number of hydrogen-bond donors (Lipinski definition) is 2. The van der Waals surface area contributed by atoms with Crippen molar-refractivity contribution < 1.29 is 23.8 Å². The van der Waals surface area contributed by atoms with E-state index in [0.717, 1.165) is 11.1 Å². The molecule has 2 aromatic carbocycles. The number of carboxylic acids is 1. The number of aliphatic carboxylic acids is 1. The van der Waals surface area contributed by atoms with E-state index in [2.05, 4.69) is 5.32 Å². The number of carbonyl (C=O) groups is 2. The van der Waals surface area contributed by atoms with Crippen molar-refractivity contribution in [1.82, 2.24) is 5.32 Å². The summed E-state index contributed by atoms with van der Waals surface area (Å²) in [5.41, 5.74) is 1.72. The average molecular weight is 373 g/mol. The Morgan fingerprint density at radius 3 is 2.56 bits per heavy atom. The SMILES string of the molecule is CC(Cc1cccc(F)c1)C(=O)NCc1ccc(OCCCC(=O)O)cc1. The summed E-state index contributed by atoms with van der Waals surface area (Å²) in [6.07, 6.45) is 1.01. The molecule has 0 aliphatic heterocycles. The molecule has 0 heterocycles. The molecule has 0 fully saturated rings. The highest BCUT2D eigenvalue weighted by Gasteiger charge is 2.13. The van der Waals surface area contributed by atoms with Crippen LogP contribution >= 0.6 is 0 Å². The molecule has 144 valence electrons. The number of benzene rings is 2. The maximum absolute atomic E-state index is 13.2. The van der Waals surface area contributed by atoms with E-state index in [0.29, 0.717) is 31.7 Å². The van der Waals surface area contributed by atoms with Gasteiger partial charge in [0, 0.05) is 18.9 Å². The number of rotatable bonds is 10. The van der Waals surface area contributed by atoms with Crippen molar-refractivity contribution >= 4 is 11.9 Å². The first-order valence-corrected chi connectivity index (χ1v) is 8.89. The van der Waals surface area contributed by atoms with Crippen molar-refractivity contribution in [3.8, 4) is 5.75 Å². The summed E-state index contributed by atoms with van der Waals surface area (Å²) < 4.78 is 18.7. The molecule has 0 saturated heterocycles. The van der Waals surface area contributed by atoms with Crippen LogP contribution in [-0.2, 0) is 22.6 Å². The summed E-state index contributed by atoms with van der Waals surface area (Å²) in [7, 11) is 0. The van der Waals surface area contributed by atoms with Crippen LogP contribution in [0.1, 0.15) is 30.9 Å². The predicted molar refractivity (Wildman–Crippen MR) is 99.9 cm³/mol. The summed E-state index contributed by atoms with van der Waals surface area (Å²) >= 11 is 0. The fraction of sp³-hybridized carbons (Fsp3) is 0.333. The molecule has 1 atom stereocenters. The minimum absolute atomic E-state index is 0.0813. The Bertz CT molecular complexity index is 761. The number of ether oxygens (including phenoxy) is 1. The first-order valence-electron chi connectivity index (χ1n) is 8.89. The number of carbonyl (C=O) groups excluding carboxylic acids is 1. The van der Waals surface area contributed by atoms with E-state index < -0.39 is 5.97 Å². The number of nitrogens with one attached hydrogen (secondary N) is 1. The monoisotopic (exact) mass is 373 g/mol. The maximum atomic E-state index is 13.2. The molecule has 5 nitrogen and oxygen atoms in total. The maximum Gasteiger partial charge on any atom is 0.303 e. The summed E-state index contributed by atoms with van der Waals surface area (Å²) in [5, 5.41) is 11.5. The Morgan fingerprint density at radius 2 is 1.89 bits per heavy atom.